The maximum absolute atomic E-state index is 11.1. The van der Waals surface area contributed by atoms with Gasteiger partial charge in [-0.3, -0.25) is 9.59 Å². The van der Waals surface area contributed by atoms with Gasteiger partial charge in [0.15, 0.2) is 12.6 Å². The standard InChI is InChI=1S/C14H8Cl2O2/c15-11-5-1-3-9(7-17)13(11)14-10(8-18)4-2-6-12(14)16/h1-8H. The summed E-state index contributed by atoms with van der Waals surface area (Å²) in [5, 5.41) is 0.770. The second-order valence-corrected chi connectivity index (χ2v) is 4.46. The van der Waals surface area contributed by atoms with Gasteiger partial charge in [0.1, 0.15) is 0 Å². The van der Waals surface area contributed by atoms with Crippen molar-refractivity contribution in [1.82, 2.24) is 0 Å². The molecule has 0 radical (unpaired) electrons. The largest absolute Gasteiger partial charge is 0.298 e. The van der Waals surface area contributed by atoms with E-state index in [-0.39, 0.29) is 0 Å². The fourth-order valence-electron chi connectivity index (χ4n) is 1.81. The number of hydrogen-bond donors (Lipinski definition) is 0. The summed E-state index contributed by atoms with van der Waals surface area (Å²) >= 11 is 12.2. The fraction of sp³-hybridized carbons (Fsp3) is 0. The normalized spacial score (nSPS) is 10.1. The maximum atomic E-state index is 11.1. The molecule has 0 aromatic heterocycles. The Bertz CT molecular complexity index is 566. The molecule has 0 N–H and O–H groups in total. The maximum Gasteiger partial charge on any atom is 0.150 e. The van der Waals surface area contributed by atoms with Gasteiger partial charge < -0.3 is 0 Å². The first-order valence-electron chi connectivity index (χ1n) is 5.16. The van der Waals surface area contributed by atoms with Crippen LogP contribution in [0.25, 0.3) is 11.1 Å². The average molecular weight is 279 g/mol. The quantitative estimate of drug-likeness (QED) is 0.785. The number of carbonyl (C=O) groups excluding carboxylic acids is 2. The van der Waals surface area contributed by atoms with Crippen LogP contribution in [0.1, 0.15) is 20.7 Å². The molecule has 2 rings (SSSR count). The van der Waals surface area contributed by atoms with E-state index in [2.05, 4.69) is 0 Å². The van der Waals surface area contributed by atoms with E-state index in [9.17, 15) is 9.59 Å². The van der Waals surface area contributed by atoms with Crippen molar-refractivity contribution in [1.29, 1.82) is 0 Å². The minimum atomic E-state index is 0.385. The first-order valence-corrected chi connectivity index (χ1v) is 5.92. The van der Waals surface area contributed by atoms with Gasteiger partial charge in [-0.05, 0) is 12.1 Å². The third-order valence-corrected chi connectivity index (χ3v) is 3.23. The number of aldehydes is 2. The number of carbonyl (C=O) groups is 2. The van der Waals surface area contributed by atoms with Crippen LogP contribution in [0.3, 0.4) is 0 Å². The van der Waals surface area contributed by atoms with E-state index >= 15 is 0 Å². The molecular formula is C14H8Cl2O2. The average Bonchev–Trinajstić information content (AvgIpc) is 2.38. The van der Waals surface area contributed by atoms with Crippen molar-refractivity contribution in [2.45, 2.75) is 0 Å². The lowest BCUT2D eigenvalue weighted by Gasteiger charge is -2.11. The number of benzene rings is 2. The van der Waals surface area contributed by atoms with Crippen molar-refractivity contribution in [3.63, 3.8) is 0 Å². The highest BCUT2D eigenvalue weighted by molar-refractivity contribution is 6.37. The molecule has 2 aromatic carbocycles. The van der Waals surface area contributed by atoms with E-state index in [1.165, 1.54) is 0 Å². The van der Waals surface area contributed by atoms with Gasteiger partial charge in [-0.25, -0.2) is 0 Å². The molecule has 2 aromatic rings. The Morgan fingerprint density at radius 3 is 1.44 bits per heavy atom. The third-order valence-electron chi connectivity index (χ3n) is 2.60. The van der Waals surface area contributed by atoms with Crippen LogP contribution in [0, 0.1) is 0 Å². The minimum Gasteiger partial charge on any atom is -0.298 e. The molecule has 0 saturated carbocycles. The molecule has 0 aliphatic carbocycles. The monoisotopic (exact) mass is 278 g/mol. The van der Waals surface area contributed by atoms with Crippen LogP contribution in [0.4, 0.5) is 0 Å². The van der Waals surface area contributed by atoms with Crippen molar-refractivity contribution in [2.75, 3.05) is 0 Å². The van der Waals surface area contributed by atoms with Crippen LogP contribution in [0.15, 0.2) is 36.4 Å². The highest BCUT2D eigenvalue weighted by Crippen LogP contribution is 2.37. The highest BCUT2D eigenvalue weighted by Gasteiger charge is 2.15. The lowest BCUT2D eigenvalue weighted by atomic mass is 9.96. The van der Waals surface area contributed by atoms with Gasteiger partial charge in [0.25, 0.3) is 0 Å². The summed E-state index contributed by atoms with van der Waals surface area (Å²) in [6.45, 7) is 0. The molecular weight excluding hydrogens is 271 g/mol. The Labute approximate surface area is 114 Å². The topological polar surface area (TPSA) is 34.1 Å². The van der Waals surface area contributed by atoms with Crippen LogP contribution in [-0.4, -0.2) is 12.6 Å². The minimum absolute atomic E-state index is 0.385. The summed E-state index contributed by atoms with van der Waals surface area (Å²) in [5.74, 6) is 0. The van der Waals surface area contributed by atoms with E-state index in [0.717, 1.165) is 0 Å². The van der Waals surface area contributed by atoms with Crippen LogP contribution in [0.2, 0.25) is 10.0 Å². The van der Waals surface area contributed by atoms with Crippen LogP contribution in [0.5, 0.6) is 0 Å². The second kappa shape index (κ2) is 5.34. The number of halogens is 2. The molecule has 0 fully saturated rings. The third kappa shape index (κ3) is 2.17. The molecule has 90 valence electrons. The first-order chi connectivity index (χ1) is 8.69. The number of hydrogen-bond acceptors (Lipinski definition) is 2. The smallest absolute Gasteiger partial charge is 0.150 e. The second-order valence-electron chi connectivity index (χ2n) is 3.64. The molecule has 0 aliphatic heterocycles. The Morgan fingerprint density at radius 1 is 0.722 bits per heavy atom. The Hall–Kier alpha value is -1.64. The Morgan fingerprint density at radius 2 is 1.11 bits per heavy atom. The van der Waals surface area contributed by atoms with Crippen molar-refractivity contribution in [3.05, 3.63) is 57.6 Å². The van der Waals surface area contributed by atoms with Gasteiger partial charge in [-0.1, -0.05) is 47.5 Å². The van der Waals surface area contributed by atoms with Gasteiger partial charge >= 0.3 is 0 Å². The predicted molar refractivity (Wildman–Crippen MR) is 72.7 cm³/mol. The van der Waals surface area contributed by atoms with Crippen molar-refractivity contribution in [3.8, 4) is 11.1 Å². The van der Waals surface area contributed by atoms with Gasteiger partial charge in [-0.15, -0.1) is 0 Å². The summed E-state index contributed by atoms with van der Waals surface area (Å²) in [7, 11) is 0. The fourth-order valence-corrected chi connectivity index (χ4v) is 2.36. The lowest BCUT2D eigenvalue weighted by molar-refractivity contribution is 0.111. The Balaban J connectivity index is 2.84. The van der Waals surface area contributed by atoms with E-state index in [1.54, 1.807) is 36.4 Å². The van der Waals surface area contributed by atoms with Crippen LogP contribution in [-0.2, 0) is 0 Å². The van der Waals surface area contributed by atoms with E-state index < -0.39 is 0 Å². The molecule has 4 heteroatoms. The van der Waals surface area contributed by atoms with E-state index in [4.69, 9.17) is 23.2 Å². The summed E-state index contributed by atoms with van der Waals surface area (Å²) in [6.07, 6.45) is 1.39. The zero-order chi connectivity index (χ0) is 13.1. The van der Waals surface area contributed by atoms with Crippen LogP contribution >= 0.6 is 23.2 Å². The molecule has 18 heavy (non-hydrogen) atoms. The summed E-state index contributed by atoms with van der Waals surface area (Å²) < 4.78 is 0. The summed E-state index contributed by atoms with van der Waals surface area (Å²) in [5.41, 5.74) is 1.78. The molecule has 0 bridgehead atoms. The molecule has 0 aliphatic rings. The molecule has 0 saturated heterocycles. The van der Waals surface area contributed by atoms with Gasteiger partial charge in [-0.2, -0.15) is 0 Å². The molecule has 0 unspecified atom stereocenters. The predicted octanol–water partition coefficient (Wildman–Crippen LogP) is 4.29. The molecule has 0 heterocycles. The van der Waals surface area contributed by atoms with Crippen molar-refractivity contribution < 1.29 is 9.59 Å². The van der Waals surface area contributed by atoms with Crippen molar-refractivity contribution >= 4 is 35.8 Å². The van der Waals surface area contributed by atoms with Crippen LogP contribution < -0.4 is 0 Å². The number of rotatable bonds is 3. The molecule has 2 nitrogen and oxygen atoms in total. The SMILES string of the molecule is O=Cc1cccc(Cl)c1-c1c(Cl)cccc1C=O. The first kappa shape index (κ1) is 12.8. The van der Waals surface area contributed by atoms with E-state index in [1.807, 2.05) is 0 Å². The zero-order valence-corrected chi connectivity index (χ0v) is 10.7. The molecule has 0 amide bonds. The van der Waals surface area contributed by atoms with E-state index in [0.29, 0.717) is 44.9 Å². The lowest BCUT2D eigenvalue weighted by Crippen LogP contribution is -1.94. The molecule has 0 atom stereocenters. The zero-order valence-electron chi connectivity index (χ0n) is 9.19. The highest BCUT2D eigenvalue weighted by atomic mass is 35.5. The molecule has 0 spiro atoms. The van der Waals surface area contributed by atoms with Gasteiger partial charge in [0, 0.05) is 32.3 Å². The van der Waals surface area contributed by atoms with Gasteiger partial charge in [0.2, 0.25) is 0 Å². The summed E-state index contributed by atoms with van der Waals surface area (Å²) in [4.78, 5) is 22.1. The van der Waals surface area contributed by atoms with Crippen molar-refractivity contribution in [2.24, 2.45) is 0 Å². The Kier molecular flexibility index (Phi) is 3.80. The van der Waals surface area contributed by atoms with Gasteiger partial charge in [0.05, 0.1) is 0 Å². The summed E-state index contributed by atoms with van der Waals surface area (Å²) in [6, 6.07) is 9.92.